The second-order valence-electron chi connectivity index (χ2n) is 3.45. The molecule has 0 unspecified atom stereocenters. The molecule has 2 amide bonds. The zero-order valence-corrected chi connectivity index (χ0v) is 9.32. The number of carboxylic acids is 1. The van der Waals surface area contributed by atoms with Crippen molar-refractivity contribution in [1.82, 2.24) is 10.6 Å². The molecule has 7 nitrogen and oxygen atoms in total. The van der Waals surface area contributed by atoms with E-state index in [1.807, 2.05) is 0 Å². The van der Waals surface area contributed by atoms with Gasteiger partial charge in [0.15, 0.2) is 0 Å². The SMILES string of the molecule is C[C@H](N)C(=O)N[C@@H](C)C(=O)NCCC(=O)O. The van der Waals surface area contributed by atoms with Gasteiger partial charge in [-0.3, -0.25) is 14.4 Å². The van der Waals surface area contributed by atoms with Crippen LogP contribution in [0.25, 0.3) is 0 Å². The van der Waals surface area contributed by atoms with Crippen molar-refractivity contribution in [3.8, 4) is 0 Å². The van der Waals surface area contributed by atoms with Crippen molar-refractivity contribution in [3.63, 3.8) is 0 Å². The standard InChI is InChI=1S/C9H17N3O4/c1-5(10)8(15)12-6(2)9(16)11-4-3-7(13)14/h5-6H,3-4,10H2,1-2H3,(H,11,16)(H,12,15)(H,13,14)/t5-,6-/m0/s1. The van der Waals surface area contributed by atoms with Crippen molar-refractivity contribution < 1.29 is 19.5 Å². The summed E-state index contributed by atoms with van der Waals surface area (Å²) in [5.41, 5.74) is 5.30. The summed E-state index contributed by atoms with van der Waals surface area (Å²) in [5.74, 6) is -1.86. The third-order valence-electron chi connectivity index (χ3n) is 1.80. The summed E-state index contributed by atoms with van der Waals surface area (Å²) in [6, 6.07) is -1.42. The minimum absolute atomic E-state index is 0.0343. The lowest BCUT2D eigenvalue weighted by atomic mass is 10.2. The molecule has 0 saturated heterocycles. The second-order valence-corrected chi connectivity index (χ2v) is 3.45. The van der Waals surface area contributed by atoms with E-state index in [0.29, 0.717) is 0 Å². The van der Waals surface area contributed by atoms with Crippen molar-refractivity contribution in [3.05, 3.63) is 0 Å². The number of hydrogen-bond donors (Lipinski definition) is 4. The first-order valence-electron chi connectivity index (χ1n) is 4.90. The Morgan fingerprint density at radius 1 is 1.25 bits per heavy atom. The summed E-state index contributed by atoms with van der Waals surface area (Å²) in [7, 11) is 0. The van der Waals surface area contributed by atoms with E-state index in [9.17, 15) is 14.4 Å². The van der Waals surface area contributed by atoms with Gasteiger partial charge in [-0.1, -0.05) is 0 Å². The molecule has 0 aliphatic heterocycles. The average molecular weight is 231 g/mol. The molecule has 5 N–H and O–H groups in total. The van der Waals surface area contributed by atoms with Gasteiger partial charge in [0.25, 0.3) is 0 Å². The van der Waals surface area contributed by atoms with Gasteiger partial charge in [-0.05, 0) is 13.8 Å². The summed E-state index contributed by atoms with van der Waals surface area (Å²) in [5, 5.41) is 13.1. The van der Waals surface area contributed by atoms with E-state index in [1.165, 1.54) is 13.8 Å². The lowest BCUT2D eigenvalue weighted by Crippen LogP contribution is -2.49. The van der Waals surface area contributed by atoms with Crippen LogP contribution >= 0.6 is 0 Å². The van der Waals surface area contributed by atoms with Gasteiger partial charge in [0, 0.05) is 6.54 Å². The molecule has 0 aromatic heterocycles. The predicted molar refractivity (Wildman–Crippen MR) is 56.5 cm³/mol. The zero-order chi connectivity index (χ0) is 12.7. The average Bonchev–Trinajstić information content (AvgIpc) is 2.16. The van der Waals surface area contributed by atoms with Crippen LogP contribution in [-0.4, -0.2) is 41.5 Å². The summed E-state index contributed by atoms with van der Waals surface area (Å²) >= 11 is 0. The number of hydrogen-bond acceptors (Lipinski definition) is 4. The first kappa shape index (κ1) is 14.4. The first-order chi connectivity index (χ1) is 7.34. The van der Waals surface area contributed by atoms with Crippen LogP contribution in [0.1, 0.15) is 20.3 Å². The van der Waals surface area contributed by atoms with Gasteiger partial charge >= 0.3 is 5.97 Å². The van der Waals surface area contributed by atoms with Crippen molar-refractivity contribution in [2.75, 3.05) is 6.54 Å². The fourth-order valence-corrected chi connectivity index (χ4v) is 0.856. The molecule has 2 atom stereocenters. The summed E-state index contributed by atoms with van der Waals surface area (Å²) in [6.07, 6.45) is -0.153. The number of aliphatic carboxylic acids is 1. The van der Waals surface area contributed by atoms with Gasteiger partial charge in [0.2, 0.25) is 11.8 Å². The van der Waals surface area contributed by atoms with Crippen LogP contribution in [0, 0.1) is 0 Å². The largest absolute Gasteiger partial charge is 0.481 e. The van der Waals surface area contributed by atoms with Crippen LogP contribution < -0.4 is 16.4 Å². The Balaban J connectivity index is 3.90. The Bertz CT molecular complexity index is 278. The first-order valence-corrected chi connectivity index (χ1v) is 4.90. The van der Waals surface area contributed by atoms with E-state index in [4.69, 9.17) is 10.8 Å². The molecule has 7 heteroatoms. The summed E-state index contributed by atoms with van der Waals surface area (Å²) in [6.45, 7) is 3.04. The van der Waals surface area contributed by atoms with Gasteiger partial charge in [-0.15, -0.1) is 0 Å². The van der Waals surface area contributed by atoms with E-state index in [0.717, 1.165) is 0 Å². The molecule has 0 spiro atoms. The third kappa shape index (κ3) is 5.97. The number of nitrogens with two attached hydrogens (primary N) is 1. The molecule has 0 aliphatic rings. The van der Waals surface area contributed by atoms with E-state index >= 15 is 0 Å². The number of amides is 2. The maximum Gasteiger partial charge on any atom is 0.305 e. The Morgan fingerprint density at radius 3 is 2.25 bits per heavy atom. The highest BCUT2D eigenvalue weighted by Gasteiger charge is 2.17. The third-order valence-corrected chi connectivity index (χ3v) is 1.80. The maximum absolute atomic E-state index is 11.3. The molecule has 0 rings (SSSR count). The second kappa shape index (κ2) is 6.78. The van der Waals surface area contributed by atoms with Crippen molar-refractivity contribution in [2.45, 2.75) is 32.4 Å². The van der Waals surface area contributed by atoms with Crippen molar-refractivity contribution in [2.24, 2.45) is 5.73 Å². The molecule has 0 bridgehead atoms. The lowest BCUT2D eigenvalue weighted by Gasteiger charge is -2.15. The van der Waals surface area contributed by atoms with E-state index < -0.39 is 29.9 Å². The molecule has 92 valence electrons. The predicted octanol–water partition coefficient (Wildman–Crippen LogP) is -1.57. The van der Waals surface area contributed by atoms with Crippen LogP contribution in [0.3, 0.4) is 0 Å². The molecule has 0 aliphatic carbocycles. The van der Waals surface area contributed by atoms with Gasteiger partial charge in [-0.2, -0.15) is 0 Å². The molecular weight excluding hydrogens is 214 g/mol. The zero-order valence-electron chi connectivity index (χ0n) is 9.32. The van der Waals surface area contributed by atoms with Crippen LogP contribution in [-0.2, 0) is 14.4 Å². The molecule has 0 fully saturated rings. The van der Waals surface area contributed by atoms with E-state index in [2.05, 4.69) is 10.6 Å². The Hall–Kier alpha value is -1.63. The fraction of sp³-hybridized carbons (Fsp3) is 0.667. The van der Waals surface area contributed by atoms with E-state index in [1.54, 1.807) is 0 Å². The highest BCUT2D eigenvalue weighted by atomic mass is 16.4. The highest BCUT2D eigenvalue weighted by molar-refractivity contribution is 5.89. The van der Waals surface area contributed by atoms with Gasteiger partial charge in [-0.25, -0.2) is 0 Å². The van der Waals surface area contributed by atoms with Gasteiger partial charge in [0.05, 0.1) is 12.5 Å². The summed E-state index contributed by atoms with van der Waals surface area (Å²) in [4.78, 5) is 32.6. The summed E-state index contributed by atoms with van der Waals surface area (Å²) < 4.78 is 0. The molecule has 0 heterocycles. The normalized spacial score (nSPS) is 13.7. The maximum atomic E-state index is 11.3. The molecule has 16 heavy (non-hydrogen) atoms. The Labute approximate surface area is 93.4 Å². The van der Waals surface area contributed by atoms with Crippen LogP contribution in [0.4, 0.5) is 0 Å². The molecule has 0 saturated carbocycles. The Morgan fingerprint density at radius 2 is 1.81 bits per heavy atom. The van der Waals surface area contributed by atoms with Crippen molar-refractivity contribution >= 4 is 17.8 Å². The minimum atomic E-state index is -0.993. The van der Waals surface area contributed by atoms with Crippen LogP contribution in [0.5, 0.6) is 0 Å². The molecule has 0 aromatic rings. The number of nitrogens with one attached hydrogen (secondary N) is 2. The smallest absolute Gasteiger partial charge is 0.305 e. The van der Waals surface area contributed by atoms with Gasteiger partial charge < -0.3 is 21.5 Å². The fourth-order valence-electron chi connectivity index (χ4n) is 0.856. The topological polar surface area (TPSA) is 122 Å². The number of carbonyl (C=O) groups is 3. The number of carbonyl (C=O) groups excluding carboxylic acids is 2. The van der Waals surface area contributed by atoms with Crippen LogP contribution in [0.15, 0.2) is 0 Å². The van der Waals surface area contributed by atoms with E-state index in [-0.39, 0.29) is 13.0 Å². The molecule has 0 aromatic carbocycles. The monoisotopic (exact) mass is 231 g/mol. The van der Waals surface area contributed by atoms with Gasteiger partial charge in [0.1, 0.15) is 6.04 Å². The Kier molecular flexibility index (Phi) is 6.09. The molecular formula is C9H17N3O4. The molecule has 0 radical (unpaired) electrons. The van der Waals surface area contributed by atoms with Crippen LogP contribution in [0.2, 0.25) is 0 Å². The van der Waals surface area contributed by atoms with Crippen molar-refractivity contribution in [1.29, 1.82) is 0 Å². The number of carboxylic acid groups (broad SMARTS) is 1. The highest BCUT2D eigenvalue weighted by Crippen LogP contribution is 1.85. The number of rotatable bonds is 6. The lowest BCUT2D eigenvalue weighted by molar-refractivity contribution is -0.137. The quantitative estimate of drug-likeness (QED) is 0.440. The minimum Gasteiger partial charge on any atom is -0.481 e.